The maximum atomic E-state index is 13.3. The van der Waals surface area contributed by atoms with Gasteiger partial charge in [0, 0.05) is 11.6 Å². The maximum absolute atomic E-state index is 13.3. The van der Waals surface area contributed by atoms with E-state index >= 15 is 0 Å². The SMILES string of the molecule is CC1(C(O)c2ccc(F)cc2F)CC1. The van der Waals surface area contributed by atoms with E-state index in [1.807, 2.05) is 6.92 Å². The van der Waals surface area contributed by atoms with Crippen LogP contribution in [0.15, 0.2) is 18.2 Å². The predicted molar refractivity (Wildman–Crippen MR) is 48.7 cm³/mol. The van der Waals surface area contributed by atoms with Gasteiger partial charge >= 0.3 is 0 Å². The third kappa shape index (κ3) is 1.52. The zero-order valence-corrected chi connectivity index (χ0v) is 7.93. The molecular formula is C11H12F2O. The number of rotatable bonds is 2. The number of aliphatic hydroxyl groups excluding tert-OH is 1. The normalized spacial score (nSPS) is 20.6. The molecule has 1 aliphatic carbocycles. The Hall–Kier alpha value is -0.960. The summed E-state index contributed by atoms with van der Waals surface area (Å²) in [7, 11) is 0. The molecule has 1 unspecified atom stereocenters. The summed E-state index contributed by atoms with van der Waals surface area (Å²) in [5, 5.41) is 9.83. The van der Waals surface area contributed by atoms with Gasteiger partial charge in [0.05, 0.1) is 6.10 Å². The summed E-state index contributed by atoms with van der Waals surface area (Å²) in [5.74, 6) is -1.27. The minimum absolute atomic E-state index is 0.200. The summed E-state index contributed by atoms with van der Waals surface area (Å²) in [4.78, 5) is 0. The zero-order valence-electron chi connectivity index (χ0n) is 7.93. The van der Waals surface area contributed by atoms with Crippen LogP contribution in [0, 0.1) is 17.0 Å². The van der Waals surface area contributed by atoms with Gasteiger partial charge in [-0.3, -0.25) is 0 Å². The van der Waals surface area contributed by atoms with Gasteiger partial charge in [-0.05, 0) is 24.3 Å². The highest BCUT2D eigenvalue weighted by Crippen LogP contribution is 2.54. The molecule has 1 fully saturated rings. The third-order valence-corrected chi connectivity index (χ3v) is 2.96. The number of halogens is 2. The highest BCUT2D eigenvalue weighted by molar-refractivity contribution is 5.24. The van der Waals surface area contributed by atoms with Crippen molar-refractivity contribution in [3.05, 3.63) is 35.4 Å². The summed E-state index contributed by atoms with van der Waals surface area (Å²) in [5.41, 5.74) is -0.00928. The summed E-state index contributed by atoms with van der Waals surface area (Å²) >= 11 is 0. The highest BCUT2D eigenvalue weighted by Gasteiger charge is 2.45. The molecule has 0 aliphatic heterocycles. The van der Waals surface area contributed by atoms with Crippen molar-refractivity contribution < 1.29 is 13.9 Å². The Labute approximate surface area is 81.4 Å². The molecular weight excluding hydrogens is 186 g/mol. The van der Waals surface area contributed by atoms with Gasteiger partial charge in [0.15, 0.2) is 0 Å². The number of aliphatic hydroxyl groups is 1. The fourth-order valence-electron chi connectivity index (χ4n) is 1.57. The van der Waals surface area contributed by atoms with Crippen LogP contribution in [0.1, 0.15) is 31.4 Å². The Balaban J connectivity index is 2.32. The molecule has 0 bridgehead atoms. The predicted octanol–water partition coefficient (Wildman–Crippen LogP) is 2.80. The van der Waals surface area contributed by atoms with E-state index in [0.717, 1.165) is 18.9 Å². The van der Waals surface area contributed by atoms with Gasteiger partial charge in [-0.2, -0.15) is 0 Å². The van der Waals surface area contributed by atoms with Crippen LogP contribution in [0.5, 0.6) is 0 Å². The van der Waals surface area contributed by atoms with Crippen molar-refractivity contribution in [3.8, 4) is 0 Å². The van der Waals surface area contributed by atoms with Crippen molar-refractivity contribution in [2.24, 2.45) is 5.41 Å². The fraction of sp³-hybridized carbons (Fsp3) is 0.455. The Morgan fingerprint density at radius 1 is 1.36 bits per heavy atom. The highest BCUT2D eigenvalue weighted by atomic mass is 19.1. The average Bonchev–Trinajstić information content (AvgIpc) is 2.84. The lowest BCUT2D eigenvalue weighted by Gasteiger charge is -2.18. The minimum atomic E-state index is -0.817. The van der Waals surface area contributed by atoms with E-state index < -0.39 is 17.7 Å². The Kier molecular flexibility index (Phi) is 2.07. The molecule has 1 saturated carbocycles. The molecule has 76 valence electrons. The molecule has 1 N–H and O–H groups in total. The zero-order chi connectivity index (χ0) is 10.3. The molecule has 0 spiro atoms. The van der Waals surface area contributed by atoms with Gasteiger partial charge in [0.1, 0.15) is 11.6 Å². The smallest absolute Gasteiger partial charge is 0.131 e. The van der Waals surface area contributed by atoms with Crippen LogP contribution >= 0.6 is 0 Å². The topological polar surface area (TPSA) is 20.2 Å². The van der Waals surface area contributed by atoms with Gasteiger partial charge in [-0.25, -0.2) is 8.78 Å². The standard InChI is InChI=1S/C11H12F2O/c1-11(4-5-11)10(14)8-3-2-7(12)6-9(8)13/h2-3,6,10,14H,4-5H2,1H3. The molecule has 0 saturated heterocycles. The van der Waals surface area contributed by atoms with E-state index in [9.17, 15) is 13.9 Å². The molecule has 1 aromatic rings. The van der Waals surface area contributed by atoms with Crippen LogP contribution < -0.4 is 0 Å². The first kappa shape index (κ1) is 9.59. The van der Waals surface area contributed by atoms with E-state index in [1.54, 1.807) is 0 Å². The number of hydrogen-bond acceptors (Lipinski definition) is 1. The van der Waals surface area contributed by atoms with E-state index in [-0.39, 0.29) is 11.0 Å². The first-order valence-corrected chi connectivity index (χ1v) is 4.66. The molecule has 1 nitrogen and oxygen atoms in total. The molecule has 1 atom stereocenters. The second-order valence-electron chi connectivity index (χ2n) is 4.22. The summed E-state index contributed by atoms with van der Waals surface area (Å²) < 4.78 is 25.9. The molecule has 0 radical (unpaired) electrons. The van der Waals surface area contributed by atoms with Gasteiger partial charge in [-0.15, -0.1) is 0 Å². The molecule has 3 heteroatoms. The lowest BCUT2D eigenvalue weighted by atomic mass is 9.94. The van der Waals surface area contributed by atoms with Crippen LogP contribution in [0.2, 0.25) is 0 Å². The van der Waals surface area contributed by atoms with Crippen molar-refractivity contribution in [2.45, 2.75) is 25.9 Å². The summed E-state index contributed by atoms with van der Waals surface area (Å²) in [6.07, 6.45) is 0.971. The molecule has 2 rings (SSSR count). The van der Waals surface area contributed by atoms with Crippen molar-refractivity contribution in [3.63, 3.8) is 0 Å². The van der Waals surface area contributed by atoms with Gasteiger partial charge < -0.3 is 5.11 Å². The van der Waals surface area contributed by atoms with E-state index in [0.29, 0.717) is 0 Å². The Morgan fingerprint density at radius 2 is 2.00 bits per heavy atom. The minimum Gasteiger partial charge on any atom is -0.388 e. The number of hydrogen-bond donors (Lipinski definition) is 1. The first-order chi connectivity index (χ1) is 6.53. The largest absolute Gasteiger partial charge is 0.388 e. The van der Waals surface area contributed by atoms with Gasteiger partial charge in [-0.1, -0.05) is 13.0 Å². The summed E-state index contributed by atoms with van der Waals surface area (Å²) in [6.45, 7) is 1.90. The third-order valence-electron chi connectivity index (χ3n) is 2.96. The molecule has 1 aliphatic rings. The molecule has 0 aromatic heterocycles. The van der Waals surface area contributed by atoms with Gasteiger partial charge in [0.25, 0.3) is 0 Å². The lowest BCUT2D eigenvalue weighted by molar-refractivity contribution is 0.0996. The Morgan fingerprint density at radius 3 is 2.50 bits per heavy atom. The Bertz CT molecular complexity index is 358. The second-order valence-corrected chi connectivity index (χ2v) is 4.22. The van der Waals surface area contributed by atoms with Gasteiger partial charge in [0.2, 0.25) is 0 Å². The van der Waals surface area contributed by atoms with Crippen molar-refractivity contribution >= 4 is 0 Å². The van der Waals surface area contributed by atoms with Crippen LogP contribution in [0.3, 0.4) is 0 Å². The molecule has 0 heterocycles. The van der Waals surface area contributed by atoms with E-state index in [1.165, 1.54) is 12.1 Å². The average molecular weight is 198 g/mol. The van der Waals surface area contributed by atoms with E-state index in [2.05, 4.69) is 0 Å². The van der Waals surface area contributed by atoms with Crippen LogP contribution in [0.25, 0.3) is 0 Å². The van der Waals surface area contributed by atoms with Crippen LogP contribution in [-0.4, -0.2) is 5.11 Å². The maximum Gasteiger partial charge on any atom is 0.131 e. The van der Waals surface area contributed by atoms with Crippen LogP contribution in [-0.2, 0) is 0 Å². The molecule has 1 aromatic carbocycles. The monoisotopic (exact) mass is 198 g/mol. The molecule has 0 amide bonds. The first-order valence-electron chi connectivity index (χ1n) is 4.66. The van der Waals surface area contributed by atoms with E-state index in [4.69, 9.17) is 0 Å². The second kappa shape index (κ2) is 3.02. The molecule has 14 heavy (non-hydrogen) atoms. The lowest BCUT2D eigenvalue weighted by Crippen LogP contribution is -2.11. The van der Waals surface area contributed by atoms with Crippen molar-refractivity contribution in [1.29, 1.82) is 0 Å². The van der Waals surface area contributed by atoms with Crippen molar-refractivity contribution in [1.82, 2.24) is 0 Å². The quantitative estimate of drug-likeness (QED) is 0.774. The number of benzene rings is 1. The van der Waals surface area contributed by atoms with Crippen LogP contribution in [0.4, 0.5) is 8.78 Å². The summed E-state index contributed by atoms with van der Waals surface area (Å²) in [6, 6.07) is 3.30. The fourth-order valence-corrected chi connectivity index (χ4v) is 1.57. The van der Waals surface area contributed by atoms with Crippen molar-refractivity contribution in [2.75, 3.05) is 0 Å².